The van der Waals surface area contributed by atoms with Gasteiger partial charge in [0.05, 0.1) is 9.85 Å². The maximum absolute atomic E-state index is 14.7. The first-order valence-corrected chi connectivity index (χ1v) is 9.91. The van der Waals surface area contributed by atoms with E-state index in [1.165, 1.54) is 36.4 Å². The van der Waals surface area contributed by atoms with E-state index in [1.807, 2.05) is 0 Å². The van der Waals surface area contributed by atoms with Gasteiger partial charge in [-0.25, -0.2) is 4.39 Å². The largest absolute Gasteiger partial charge is 0.393 e. The number of nitro benzene ring substituents is 2. The first-order chi connectivity index (χ1) is 14.3. The molecule has 0 aliphatic heterocycles. The molecule has 0 aliphatic carbocycles. The second-order valence-corrected chi connectivity index (χ2v) is 7.44. The highest BCUT2D eigenvalue weighted by Gasteiger charge is 2.36. The minimum Gasteiger partial charge on any atom is -0.393 e. The van der Waals surface area contributed by atoms with Gasteiger partial charge in [0.2, 0.25) is 0 Å². The van der Waals surface area contributed by atoms with Crippen LogP contribution in [0, 0.1) is 20.2 Å². The molecular weight excluding hydrogens is 391 g/mol. The summed E-state index contributed by atoms with van der Waals surface area (Å²) in [4.78, 5) is 21.0. The summed E-state index contributed by atoms with van der Waals surface area (Å²) < 4.78 is 14.7. The molecule has 9 heteroatoms. The Kier molecular flexibility index (Phi) is 7.68. The Bertz CT molecular complexity index is 856. The molecule has 30 heavy (non-hydrogen) atoms. The highest BCUT2D eigenvalue weighted by molar-refractivity contribution is 5.64. The Morgan fingerprint density at radius 1 is 0.867 bits per heavy atom. The molecule has 162 valence electrons. The van der Waals surface area contributed by atoms with Crippen LogP contribution in [0.5, 0.6) is 0 Å². The first-order valence-electron chi connectivity index (χ1n) is 9.91. The molecule has 0 saturated carbocycles. The topological polar surface area (TPSA) is 138 Å². The fraction of sp³-hybridized carbons (Fsp3) is 0.429. The molecule has 0 amide bonds. The minimum absolute atomic E-state index is 0.0591. The average molecular weight is 418 g/mol. The number of hydrogen-bond acceptors (Lipinski definition) is 6. The summed E-state index contributed by atoms with van der Waals surface area (Å²) in [5.74, 6) is 0. The van der Waals surface area contributed by atoms with E-state index in [-0.39, 0.29) is 22.7 Å². The molecule has 0 saturated heterocycles. The van der Waals surface area contributed by atoms with E-state index in [9.17, 15) is 24.6 Å². The smallest absolute Gasteiger partial charge is 0.292 e. The van der Waals surface area contributed by atoms with Crippen molar-refractivity contribution in [2.24, 2.45) is 0 Å². The van der Waals surface area contributed by atoms with Gasteiger partial charge < -0.3 is 11.5 Å². The van der Waals surface area contributed by atoms with Gasteiger partial charge in [-0.2, -0.15) is 0 Å². The van der Waals surface area contributed by atoms with Gasteiger partial charge in [0.1, 0.15) is 18.0 Å². The Labute approximate surface area is 174 Å². The van der Waals surface area contributed by atoms with Crippen molar-refractivity contribution in [1.29, 1.82) is 0 Å². The Morgan fingerprint density at radius 2 is 1.33 bits per heavy atom. The van der Waals surface area contributed by atoms with Crippen LogP contribution in [-0.2, 0) is 5.41 Å². The number of nitro groups is 2. The summed E-state index contributed by atoms with van der Waals surface area (Å²) in [5.41, 5.74) is 10.9. The van der Waals surface area contributed by atoms with Gasteiger partial charge in [-0.15, -0.1) is 0 Å². The van der Waals surface area contributed by atoms with Gasteiger partial charge in [0, 0.05) is 17.5 Å². The number of halogens is 1. The third-order valence-corrected chi connectivity index (χ3v) is 5.49. The molecule has 2 aromatic carbocycles. The number of nitrogens with two attached hydrogens (primary N) is 2. The van der Waals surface area contributed by atoms with E-state index in [0.29, 0.717) is 17.5 Å². The summed E-state index contributed by atoms with van der Waals surface area (Å²) >= 11 is 0. The molecule has 2 aromatic rings. The lowest BCUT2D eigenvalue weighted by atomic mass is 9.71. The van der Waals surface area contributed by atoms with Crippen molar-refractivity contribution in [1.82, 2.24) is 0 Å². The van der Waals surface area contributed by atoms with Crippen LogP contribution in [-0.4, -0.2) is 16.5 Å². The van der Waals surface area contributed by atoms with Gasteiger partial charge in [0.15, 0.2) is 0 Å². The van der Waals surface area contributed by atoms with Gasteiger partial charge >= 0.3 is 0 Å². The third kappa shape index (κ3) is 4.84. The molecule has 0 heterocycles. The van der Waals surface area contributed by atoms with Crippen LogP contribution in [0.25, 0.3) is 0 Å². The van der Waals surface area contributed by atoms with Crippen molar-refractivity contribution in [3.8, 4) is 0 Å². The molecule has 8 nitrogen and oxygen atoms in total. The quantitative estimate of drug-likeness (QED) is 0.220. The molecule has 0 bridgehead atoms. The van der Waals surface area contributed by atoms with Crippen molar-refractivity contribution in [2.45, 2.75) is 50.9 Å². The number of nitrogen functional groups attached to an aromatic ring is 2. The Morgan fingerprint density at radius 3 is 1.70 bits per heavy atom. The maximum Gasteiger partial charge on any atom is 0.292 e. The number of rotatable bonds is 11. The minimum atomic E-state index is -1.15. The van der Waals surface area contributed by atoms with Crippen molar-refractivity contribution < 1.29 is 14.2 Å². The summed E-state index contributed by atoms with van der Waals surface area (Å²) in [6.45, 7) is 1.31. The van der Waals surface area contributed by atoms with Gasteiger partial charge in [0.25, 0.3) is 11.4 Å². The highest BCUT2D eigenvalue weighted by Crippen LogP contribution is 2.42. The van der Waals surface area contributed by atoms with E-state index in [1.54, 1.807) is 0 Å². The molecule has 4 N–H and O–H groups in total. The van der Waals surface area contributed by atoms with Crippen molar-refractivity contribution in [3.05, 3.63) is 67.8 Å². The number of unbranched alkanes of at least 4 members (excludes halogenated alkanes) is 4. The predicted octanol–water partition coefficient (Wildman–Crippen LogP) is 5.28. The van der Waals surface area contributed by atoms with E-state index in [4.69, 9.17) is 11.5 Å². The summed E-state index contributed by atoms with van der Waals surface area (Å²) in [7, 11) is 0. The molecule has 0 aliphatic rings. The normalized spacial score (nSPS) is 11.4. The van der Waals surface area contributed by atoms with Gasteiger partial charge in [-0.3, -0.25) is 20.2 Å². The second kappa shape index (κ2) is 10.00. The summed E-state index contributed by atoms with van der Waals surface area (Å²) in [6.07, 6.45) is 5.22. The fourth-order valence-electron chi connectivity index (χ4n) is 3.74. The summed E-state index contributed by atoms with van der Waals surface area (Å²) in [6, 6.07) is 8.36. The zero-order valence-electron chi connectivity index (χ0n) is 17.0. The number of alkyl halides is 1. The van der Waals surface area contributed by atoms with Crippen LogP contribution in [0.15, 0.2) is 36.4 Å². The lowest BCUT2D eigenvalue weighted by Gasteiger charge is -2.33. The monoisotopic (exact) mass is 418 g/mol. The maximum atomic E-state index is 14.7. The average Bonchev–Trinajstić information content (AvgIpc) is 2.70. The number of anilines is 2. The van der Waals surface area contributed by atoms with E-state index in [0.717, 1.165) is 32.1 Å². The molecule has 0 unspecified atom stereocenters. The lowest BCUT2D eigenvalue weighted by Crippen LogP contribution is -2.31. The second-order valence-electron chi connectivity index (χ2n) is 7.44. The zero-order chi connectivity index (χ0) is 22.3. The van der Waals surface area contributed by atoms with E-state index >= 15 is 0 Å². The summed E-state index contributed by atoms with van der Waals surface area (Å²) in [5, 5.41) is 22.2. The molecule has 0 spiro atoms. The van der Waals surface area contributed by atoms with Crippen LogP contribution < -0.4 is 11.5 Å². The number of benzene rings is 2. The van der Waals surface area contributed by atoms with Crippen molar-refractivity contribution >= 4 is 22.7 Å². The SMILES string of the molecule is CCCCCCCC(CF)(c1ccc([N+](=O)[O-])c(N)c1)c1ccc([N+](=O)[O-])c(N)c1. The standard InChI is InChI=1S/C21H27FN4O4/c1-2-3-4-5-6-11-21(14-22,15-7-9-19(25(27)28)17(23)12-15)16-8-10-20(26(29)30)18(24)13-16/h7-10,12-13H,2-6,11,14,23-24H2,1H3. The van der Waals surface area contributed by atoms with Crippen molar-refractivity contribution in [2.75, 3.05) is 18.1 Å². The number of hydrogen-bond donors (Lipinski definition) is 2. The van der Waals surface area contributed by atoms with Crippen LogP contribution in [0.1, 0.15) is 56.6 Å². The van der Waals surface area contributed by atoms with Crippen molar-refractivity contribution in [3.63, 3.8) is 0 Å². The van der Waals surface area contributed by atoms with Crippen LogP contribution in [0.4, 0.5) is 27.1 Å². The zero-order valence-corrected chi connectivity index (χ0v) is 17.0. The highest BCUT2D eigenvalue weighted by atomic mass is 19.1. The Hall–Kier alpha value is -3.23. The third-order valence-electron chi connectivity index (χ3n) is 5.49. The van der Waals surface area contributed by atoms with Crippen LogP contribution in [0.3, 0.4) is 0 Å². The molecule has 0 atom stereocenters. The molecule has 0 radical (unpaired) electrons. The van der Waals surface area contributed by atoms with Crippen LogP contribution in [0.2, 0.25) is 0 Å². The van der Waals surface area contributed by atoms with E-state index < -0.39 is 21.9 Å². The Balaban J connectivity index is 2.53. The number of nitrogens with zero attached hydrogens (tertiary/aromatic N) is 2. The molecular formula is C21H27FN4O4. The lowest BCUT2D eigenvalue weighted by molar-refractivity contribution is -0.384. The first kappa shape index (κ1) is 23.1. The molecule has 0 fully saturated rings. The fourth-order valence-corrected chi connectivity index (χ4v) is 3.74. The predicted molar refractivity (Wildman–Crippen MR) is 115 cm³/mol. The molecule has 2 rings (SSSR count). The van der Waals surface area contributed by atoms with Gasteiger partial charge in [-0.05, 0) is 29.7 Å². The van der Waals surface area contributed by atoms with Gasteiger partial charge in [-0.1, -0.05) is 51.2 Å². The van der Waals surface area contributed by atoms with Crippen LogP contribution >= 0.6 is 0 Å². The molecule has 0 aromatic heterocycles. The van der Waals surface area contributed by atoms with E-state index in [2.05, 4.69) is 6.92 Å².